The number of rotatable bonds is 5. The number of methoxy groups -OCH3 is 2. The van der Waals surface area contributed by atoms with E-state index in [9.17, 15) is 9.90 Å². The van der Waals surface area contributed by atoms with Crippen molar-refractivity contribution < 1.29 is 24.1 Å². The van der Waals surface area contributed by atoms with Gasteiger partial charge in [-0.1, -0.05) is 18.2 Å². The van der Waals surface area contributed by atoms with Crippen molar-refractivity contribution in [1.82, 2.24) is 0 Å². The van der Waals surface area contributed by atoms with Gasteiger partial charge >= 0.3 is 5.97 Å². The van der Waals surface area contributed by atoms with Crippen molar-refractivity contribution in [3.63, 3.8) is 0 Å². The Hall–Kier alpha value is -2.69. The van der Waals surface area contributed by atoms with Gasteiger partial charge in [0.2, 0.25) is 0 Å². The van der Waals surface area contributed by atoms with Gasteiger partial charge in [0.25, 0.3) is 0 Å². The highest BCUT2D eigenvalue weighted by molar-refractivity contribution is 5.74. The van der Waals surface area contributed by atoms with Gasteiger partial charge in [0.15, 0.2) is 11.5 Å². The first-order valence-electron chi connectivity index (χ1n) is 8.69. The quantitative estimate of drug-likeness (QED) is 0.829. The minimum atomic E-state index is -0.227. The van der Waals surface area contributed by atoms with E-state index in [2.05, 4.69) is 6.07 Å². The molecule has 1 heterocycles. The molecule has 0 amide bonds. The monoisotopic (exact) mass is 356 g/mol. The highest BCUT2D eigenvalue weighted by atomic mass is 16.5. The summed E-state index contributed by atoms with van der Waals surface area (Å²) in [5, 5.41) is 9.73. The van der Waals surface area contributed by atoms with Gasteiger partial charge in [0.05, 0.1) is 26.7 Å². The molecular weight excluding hydrogens is 332 g/mol. The third-order valence-corrected chi connectivity index (χ3v) is 4.96. The molecule has 138 valence electrons. The Morgan fingerprint density at radius 1 is 1.12 bits per heavy atom. The minimum Gasteiger partial charge on any atom is -0.504 e. The first-order valence-corrected chi connectivity index (χ1v) is 8.69. The lowest BCUT2D eigenvalue weighted by Crippen LogP contribution is -2.30. The number of benzene rings is 2. The second kappa shape index (κ2) is 7.68. The van der Waals surface area contributed by atoms with Crippen LogP contribution >= 0.6 is 0 Å². The van der Waals surface area contributed by atoms with Crippen molar-refractivity contribution in [2.75, 3.05) is 20.8 Å². The Kier molecular flexibility index (Phi) is 5.35. The molecule has 3 rings (SSSR count). The van der Waals surface area contributed by atoms with E-state index in [0.29, 0.717) is 25.2 Å². The number of ether oxygens (including phenoxy) is 3. The van der Waals surface area contributed by atoms with Gasteiger partial charge < -0.3 is 19.3 Å². The second-order valence-corrected chi connectivity index (χ2v) is 6.70. The second-order valence-electron chi connectivity index (χ2n) is 6.70. The van der Waals surface area contributed by atoms with Crippen LogP contribution in [0.25, 0.3) is 0 Å². The van der Waals surface area contributed by atoms with Gasteiger partial charge in [0, 0.05) is 5.92 Å². The third kappa shape index (κ3) is 3.77. The fraction of sp³-hybridized carbons (Fsp3) is 0.381. The largest absolute Gasteiger partial charge is 0.504 e. The Bertz CT molecular complexity index is 799. The Morgan fingerprint density at radius 2 is 1.88 bits per heavy atom. The number of phenols is 1. The van der Waals surface area contributed by atoms with Crippen molar-refractivity contribution in [3.8, 4) is 17.2 Å². The summed E-state index contributed by atoms with van der Waals surface area (Å²) in [7, 11) is 3.17. The predicted octanol–water partition coefficient (Wildman–Crippen LogP) is 3.61. The van der Waals surface area contributed by atoms with Crippen molar-refractivity contribution in [3.05, 3.63) is 53.1 Å². The summed E-state index contributed by atoms with van der Waals surface area (Å²) in [5.74, 6) is 1.09. The number of aryl methyl sites for hydroxylation is 1. The molecular formula is C21H24O5. The SMILES string of the molecule is COc1cc([C@H]2COC(=O)C(Cc3ccc(O)c(OC)c3)C2)ccc1C. The number of cyclic esters (lactones) is 1. The molecule has 1 saturated heterocycles. The Balaban J connectivity index is 1.77. The molecule has 0 radical (unpaired) electrons. The number of hydrogen-bond acceptors (Lipinski definition) is 5. The number of phenolic OH excluding ortho intramolecular Hbond substituents is 1. The van der Waals surface area contributed by atoms with Gasteiger partial charge in [-0.25, -0.2) is 0 Å². The first-order chi connectivity index (χ1) is 12.5. The maximum atomic E-state index is 12.2. The molecule has 0 aromatic heterocycles. The maximum Gasteiger partial charge on any atom is 0.309 e. The molecule has 1 N–H and O–H groups in total. The van der Waals surface area contributed by atoms with E-state index in [1.807, 2.05) is 25.1 Å². The fourth-order valence-electron chi connectivity index (χ4n) is 3.43. The standard InChI is InChI=1S/C21H24O5/c1-13-4-6-15(11-19(13)24-2)17-10-16(21(23)26-12-17)8-14-5-7-18(22)20(9-14)25-3/h4-7,9,11,16-17,22H,8,10,12H2,1-3H3/t16?,17-/m1/s1. The summed E-state index contributed by atoms with van der Waals surface area (Å²) in [5.41, 5.74) is 3.13. The average Bonchev–Trinajstić information content (AvgIpc) is 2.65. The number of carbonyl (C=O) groups is 1. The van der Waals surface area contributed by atoms with Crippen molar-refractivity contribution >= 4 is 5.97 Å². The summed E-state index contributed by atoms with van der Waals surface area (Å²) in [6, 6.07) is 11.3. The van der Waals surface area contributed by atoms with Crippen LogP contribution in [0.3, 0.4) is 0 Å². The molecule has 2 aromatic rings. The lowest BCUT2D eigenvalue weighted by Gasteiger charge is -2.29. The van der Waals surface area contributed by atoms with Crippen LogP contribution in [-0.4, -0.2) is 31.9 Å². The molecule has 26 heavy (non-hydrogen) atoms. The van der Waals surface area contributed by atoms with Crippen LogP contribution in [0.4, 0.5) is 0 Å². The summed E-state index contributed by atoms with van der Waals surface area (Å²) in [6.07, 6.45) is 1.27. The van der Waals surface area contributed by atoms with E-state index in [0.717, 1.165) is 22.4 Å². The molecule has 1 unspecified atom stereocenters. The van der Waals surface area contributed by atoms with Crippen LogP contribution in [0.5, 0.6) is 17.2 Å². The van der Waals surface area contributed by atoms with Crippen molar-refractivity contribution in [2.24, 2.45) is 5.92 Å². The van der Waals surface area contributed by atoms with Gasteiger partial charge in [-0.15, -0.1) is 0 Å². The topological polar surface area (TPSA) is 65.0 Å². The average molecular weight is 356 g/mol. The van der Waals surface area contributed by atoms with E-state index in [-0.39, 0.29) is 23.6 Å². The van der Waals surface area contributed by atoms with Crippen molar-refractivity contribution in [1.29, 1.82) is 0 Å². The predicted molar refractivity (Wildman–Crippen MR) is 97.9 cm³/mol. The van der Waals surface area contributed by atoms with Gasteiger partial charge in [-0.3, -0.25) is 4.79 Å². The molecule has 2 atom stereocenters. The molecule has 1 aliphatic heterocycles. The van der Waals surface area contributed by atoms with Crippen LogP contribution < -0.4 is 9.47 Å². The molecule has 5 heteroatoms. The zero-order valence-electron chi connectivity index (χ0n) is 15.3. The molecule has 5 nitrogen and oxygen atoms in total. The fourth-order valence-corrected chi connectivity index (χ4v) is 3.43. The van der Waals surface area contributed by atoms with E-state index >= 15 is 0 Å². The van der Waals surface area contributed by atoms with Crippen molar-refractivity contribution in [2.45, 2.75) is 25.7 Å². The zero-order chi connectivity index (χ0) is 18.7. The van der Waals surface area contributed by atoms with E-state index in [1.165, 1.54) is 7.11 Å². The van der Waals surface area contributed by atoms with Crippen LogP contribution in [-0.2, 0) is 16.0 Å². The third-order valence-electron chi connectivity index (χ3n) is 4.96. The molecule has 1 fully saturated rings. The molecule has 0 saturated carbocycles. The lowest BCUT2D eigenvalue weighted by molar-refractivity contribution is -0.154. The highest BCUT2D eigenvalue weighted by Crippen LogP contribution is 2.35. The van der Waals surface area contributed by atoms with Gasteiger partial charge in [-0.05, 0) is 54.7 Å². The highest BCUT2D eigenvalue weighted by Gasteiger charge is 2.31. The van der Waals surface area contributed by atoms with E-state index < -0.39 is 0 Å². The van der Waals surface area contributed by atoms with E-state index in [1.54, 1.807) is 19.2 Å². The summed E-state index contributed by atoms with van der Waals surface area (Å²) in [6.45, 7) is 2.39. The minimum absolute atomic E-state index is 0.0899. The van der Waals surface area contributed by atoms with Crippen LogP contribution in [0.1, 0.15) is 29.0 Å². The summed E-state index contributed by atoms with van der Waals surface area (Å²) >= 11 is 0. The van der Waals surface area contributed by atoms with Gasteiger partial charge in [0.1, 0.15) is 5.75 Å². The molecule has 1 aliphatic rings. The smallest absolute Gasteiger partial charge is 0.309 e. The number of aromatic hydroxyl groups is 1. The summed E-state index contributed by atoms with van der Waals surface area (Å²) < 4.78 is 16.0. The summed E-state index contributed by atoms with van der Waals surface area (Å²) in [4.78, 5) is 12.2. The molecule has 0 aliphatic carbocycles. The number of hydrogen-bond donors (Lipinski definition) is 1. The van der Waals surface area contributed by atoms with Crippen LogP contribution in [0.2, 0.25) is 0 Å². The first kappa shape index (κ1) is 18.1. The Labute approximate surface area is 153 Å². The van der Waals surface area contributed by atoms with E-state index in [4.69, 9.17) is 14.2 Å². The zero-order valence-corrected chi connectivity index (χ0v) is 15.3. The molecule has 2 aromatic carbocycles. The van der Waals surface area contributed by atoms with Crippen LogP contribution in [0, 0.1) is 12.8 Å². The lowest BCUT2D eigenvalue weighted by atomic mass is 9.84. The van der Waals surface area contributed by atoms with Crippen LogP contribution in [0.15, 0.2) is 36.4 Å². The molecule has 0 bridgehead atoms. The Morgan fingerprint density at radius 3 is 2.62 bits per heavy atom. The normalized spacial score (nSPS) is 19.7. The molecule has 0 spiro atoms. The number of esters is 1. The number of carbonyl (C=O) groups excluding carboxylic acids is 1. The maximum absolute atomic E-state index is 12.2. The van der Waals surface area contributed by atoms with Gasteiger partial charge in [-0.2, -0.15) is 0 Å².